The molecule has 0 heterocycles. The summed E-state index contributed by atoms with van der Waals surface area (Å²) >= 11 is 9.56. The highest BCUT2D eigenvalue weighted by Crippen LogP contribution is 2.23. The molecule has 3 heteroatoms. The Hall–Kier alpha value is -0.990. The minimum Gasteiger partial charge on any atom is -0.381 e. The van der Waals surface area contributed by atoms with Gasteiger partial charge in [-0.15, -0.1) is 0 Å². The van der Waals surface area contributed by atoms with Crippen molar-refractivity contribution < 1.29 is 0 Å². The van der Waals surface area contributed by atoms with Crippen LogP contribution in [0.2, 0.25) is 5.02 Å². The zero-order valence-electron chi connectivity index (χ0n) is 9.50. The first-order chi connectivity index (χ1) is 8.16. The van der Waals surface area contributed by atoms with Crippen molar-refractivity contribution in [3.8, 4) is 0 Å². The molecule has 88 valence electrons. The van der Waals surface area contributed by atoms with E-state index in [1.54, 1.807) is 0 Å². The summed E-state index contributed by atoms with van der Waals surface area (Å²) in [6.45, 7) is 2.82. The highest BCUT2D eigenvalue weighted by atomic mass is 79.9. The summed E-state index contributed by atoms with van der Waals surface area (Å²) in [5.41, 5.74) is 3.48. The van der Waals surface area contributed by atoms with Crippen LogP contribution in [0.25, 0.3) is 0 Å². The molecule has 0 spiro atoms. The highest BCUT2D eigenvalue weighted by Gasteiger charge is 2.02. The average Bonchev–Trinajstić information content (AvgIpc) is 2.30. The number of rotatable bonds is 3. The molecular weight excluding hydrogens is 298 g/mol. The van der Waals surface area contributed by atoms with Crippen molar-refractivity contribution in [3.05, 3.63) is 63.1 Å². The second kappa shape index (κ2) is 5.56. The van der Waals surface area contributed by atoms with Gasteiger partial charge in [0.15, 0.2) is 0 Å². The first-order valence-corrected chi connectivity index (χ1v) is 6.57. The molecule has 0 unspecified atom stereocenters. The molecule has 2 aromatic carbocycles. The number of nitrogens with one attached hydrogen (secondary N) is 1. The average molecular weight is 311 g/mol. The Morgan fingerprint density at radius 2 is 1.94 bits per heavy atom. The Labute approximate surface area is 115 Å². The van der Waals surface area contributed by atoms with Gasteiger partial charge < -0.3 is 5.32 Å². The summed E-state index contributed by atoms with van der Waals surface area (Å²) in [5.74, 6) is 0. The highest BCUT2D eigenvalue weighted by molar-refractivity contribution is 9.10. The Balaban J connectivity index is 2.10. The lowest BCUT2D eigenvalue weighted by molar-refractivity contribution is 1.14. The fourth-order valence-corrected chi connectivity index (χ4v) is 2.37. The van der Waals surface area contributed by atoms with E-state index in [0.29, 0.717) is 0 Å². The second-order valence-electron chi connectivity index (χ2n) is 3.90. The van der Waals surface area contributed by atoms with Crippen molar-refractivity contribution in [2.75, 3.05) is 5.32 Å². The van der Waals surface area contributed by atoms with Gasteiger partial charge in [0.2, 0.25) is 0 Å². The van der Waals surface area contributed by atoms with Gasteiger partial charge in [-0.05, 0) is 36.2 Å². The fraction of sp³-hybridized carbons (Fsp3) is 0.143. The van der Waals surface area contributed by atoms with E-state index in [1.165, 1.54) is 5.56 Å². The number of halogens is 2. The number of hydrogen-bond donors (Lipinski definition) is 1. The Morgan fingerprint density at radius 3 is 2.65 bits per heavy atom. The number of aryl methyl sites for hydroxylation is 1. The molecule has 0 fully saturated rings. The van der Waals surface area contributed by atoms with Crippen LogP contribution in [0.5, 0.6) is 0 Å². The van der Waals surface area contributed by atoms with E-state index in [4.69, 9.17) is 11.6 Å². The van der Waals surface area contributed by atoms with Gasteiger partial charge in [-0.2, -0.15) is 0 Å². The van der Waals surface area contributed by atoms with Crippen LogP contribution >= 0.6 is 27.5 Å². The lowest BCUT2D eigenvalue weighted by Crippen LogP contribution is -2.01. The van der Waals surface area contributed by atoms with Crippen LogP contribution in [0.15, 0.2) is 46.9 Å². The van der Waals surface area contributed by atoms with Gasteiger partial charge in [-0.1, -0.05) is 51.8 Å². The van der Waals surface area contributed by atoms with Crippen molar-refractivity contribution in [2.45, 2.75) is 13.5 Å². The smallest absolute Gasteiger partial charge is 0.0467 e. The number of anilines is 1. The van der Waals surface area contributed by atoms with Crippen LogP contribution in [-0.2, 0) is 6.54 Å². The van der Waals surface area contributed by atoms with E-state index >= 15 is 0 Å². The number of para-hydroxylation sites is 1. The molecule has 0 aliphatic heterocycles. The zero-order valence-corrected chi connectivity index (χ0v) is 11.8. The second-order valence-corrected chi connectivity index (χ2v) is 5.23. The van der Waals surface area contributed by atoms with Gasteiger partial charge in [-0.25, -0.2) is 0 Å². The van der Waals surface area contributed by atoms with E-state index < -0.39 is 0 Å². The normalized spacial score (nSPS) is 10.3. The maximum Gasteiger partial charge on any atom is 0.0467 e. The lowest BCUT2D eigenvalue weighted by Gasteiger charge is -2.10. The first-order valence-electron chi connectivity index (χ1n) is 5.40. The summed E-state index contributed by atoms with van der Waals surface area (Å²) in [6.07, 6.45) is 0. The third kappa shape index (κ3) is 3.24. The van der Waals surface area contributed by atoms with E-state index in [0.717, 1.165) is 27.3 Å². The largest absolute Gasteiger partial charge is 0.381 e. The lowest BCUT2D eigenvalue weighted by atomic mass is 10.2. The molecule has 0 aliphatic rings. The van der Waals surface area contributed by atoms with E-state index in [1.807, 2.05) is 30.3 Å². The van der Waals surface area contributed by atoms with Crippen LogP contribution in [-0.4, -0.2) is 0 Å². The van der Waals surface area contributed by atoms with E-state index in [-0.39, 0.29) is 0 Å². The van der Waals surface area contributed by atoms with Gasteiger partial charge in [0, 0.05) is 21.7 Å². The van der Waals surface area contributed by atoms with Gasteiger partial charge in [0.05, 0.1) is 0 Å². The molecular formula is C14H13BrClN. The Morgan fingerprint density at radius 1 is 1.18 bits per heavy atom. The van der Waals surface area contributed by atoms with Gasteiger partial charge in [-0.3, -0.25) is 0 Å². The van der Waals surface area contributed by atoms with Crippen molar-refractivity contribution in [2.24, 2.45) is 0 Å². The molecule has 1 nitrogen and oxygen atoms in total. The predicted octanol–water partition coefficient (Wildman–Crippen LogP) is 5.02. The van der Waals surface area contributed by atoms with E-state index in [2.05, 4.69) is 40.3 Å². The summed E-state index contributed by atoms with van der Waals surface area (Å²) in [4.78, 5) is 0. The molecule has 2 rings (SSSR count). The third-order valence-electron chi connectivity index (χ3n) is 2.63. The fourth-order valence-electron chi connectivity index (χ4n) is 1.63. The maximum atomic E-state index is 6.17. The molecule has 2 aromatic rings. The molecule has 0 saturated carbocycles. The first kappa shape index (κ1) is 12.5. The number of hydrogen-bond acceptors (Lipinski definition) is 1. The topological polar surface area (TPSA) is 12.0 Å². The van der Waals surface area contributed by atoms with Gasteiger partial charge in [0.25, 0.3) is 0 Å². The standard InChI is InChI=1S/C14H13BrClN/c1-10-4-2-3-5-14(10)17-9-11-6-7-12(15)8-13(11)16/h2-8,17H,9H2,1H3. The van der Waals surface area contributed by atoms with Crippen molar-refractivity contribution in [3.63, 3.8) is 0 Å². The van der Waals surface area contributed by atoms with Crippen LogP contribution in [0.3, 0.4) is 0 Å². The van der Waals surface area contributed by atoms with Crippen molar-refractivity contribution in [1.29, 1.82) is 0 Å². The molecule has 1 N–H and O–H groups in total. The van der Waals surface area contributed by atoms with Crippen LogP contribution in [0, 0.1) is 6.92 Å². The van der Waals surface area contributed by atoms with Gasteiger partial charge >= 0.3 is 0 Å². The minimum atomic E-state index is 0.733. The molecule has 0 aromatic heterocycles. The molecule has 17 heavy (non-hydrogen) atoms. The monoisotopic (exact) mass is 309 g/mol. The Kier molecular flexibility index (Phi) is 4.08. The summed E-state index contributed by atoms with van der Waals surface area (Å²) < 4.78 is 1.00. The van der Waals surface area contributed by atoms with Crippen molar-refractivity contribution >= 4 is 33.2 Å². The molecule has 0 radical (unpaired) electrons. The minimum absolute atomic E-state index is 0.733. The quantitative estimate of drug-likeness (QED) is 0.839. The summed E-state index contributed by atoms with van der Waals surface area (Å²) in [5, 5.41) is 4.17. The van der Waals surface area contributed by atoms with Gasteiger partial charge in [0.1, 0.15) is 0 Å². The summed E-state index contributed by atoms with van der Waals surface area (Å²) in [6, 6.07) is 14.2. The SMILES string of the molecule is Cc1ccccc1NCc1ccc(Br)cc1Cl. The number of benzene rings is 2. The van der Waals surface area contributed by atoms with Crippen LogP contribution < -0.4 is 5.32 Å². The molecule has 0 atom stereocenters. The predicted molar refractivity (Wildman–Crippen MR) is 77.7 cm³/mol. The molecule has 0 bridgehead atoms. The summed E-state index contributed by atoms with van der Waals surface area (Å²) in [7, 11) is 0. The molecule has 0 saturated heterocycles. The van der Waals surface area contributed by atoms with Crippen LogP contribution in [0.1, 0.15) is 11.1 Å². The molecule has 0 aliphatic carbocycles. The molecule has 0 amide bonds. The zero-order chi connectivity index (χ0) is 12.3. The van der Waals surface area contributed by atoms with Crippen molar-refractivity contribution in [1.82, 2.24) is 0 Å². The third-order valence-corrected chi connectivity index (χ3v) is 3.47. The Bertz CT molecular complexity index is 525. The van der Waals surface area contributed by atoms with E-state index in [9.17, 15) is 0 Å². The van der Waals surface area contributed by atoms with Crippen LogP contribution in [0.4, 0.5) is 5.69 Å². The maximum absolute atomic E-state index is 6.17.